The van der Waals surface area contributed by atoms with Crippen LogP contribution in [-0.2, 0) is 22.6 Å². The van der Waals surface area contributed by atoms with Gasteiger partial charge in [-0.2, -0.15) is 0 Å². The lowest BCUT2D eigenvalue weighted by molar-refractivity contribution is -0.130. The Balaban J connectivity index is 1.45. The fraction of sp³-hybridized carbons (Fsp3) is 0.273. The van der Waals surface area contributed by atoms with Crippen molar-refractivity contribution < 1.29 is 9.59 Å². The Kier molecular flexibility index (Phi) is 6.71. The largest absolute Gasteiger partial charge is 0.361 e. The summed E-state index contributed by atoms with van der Waals surface area (Å²) in [6.07, 6.45) is 3.03. The van der Waals surface area contributed by atoms with Gasteiger partial charge in [-0.05, 0) is 35.7 Å². The molecular weight excluding hydrogens is 374 g/mol. The molecule has 0 spiro atoms. The molecule has 1 heterocycles. The number of fused-ring (bicyclic) bond motifs is 1. The minimum absolute atomic E-state index is 0.0535. The zero-order chi connectivity index (χ0) is 19.9. The number of nitrogens with zero attached hydrogens (tertiary/aromatic N) is 1. The molecule has 0 saturated heterocycles. The molecule has 1 aromatic heterocycles. The van der Waals surface area contributed by atoms with Crippen LogP contribution in [0, 0.1) is 0 Å². The highest BCUT2D eigenvalue weighted by Crippen LogP contribution is 2.17. The lowest BCUT2D eigenvalue weighted by Crippen LogP contribution is -2.34. The van der Waals surface area contributed by atoms with Gasteiger partial charge in [0.15, 0.2) is 0 Å². The van der Waals surface area contributed by atoms with Crippen molar-refractivity contribution in [2.24, 2.45) is 0 Å². The van der Waals surface area contributed by atoms with E-state index in [0.29, 0.717) is 24.7 Å². The van der Waals surface area contributed by atoms with Gasteiger partial charge in [0.25, 0.3) is 0 Å². The molecule has 0 radical (unpaired) electrons. The standard InChI is InChI=1S/C22H24ClN3O2/c1-16(27)26(15-17-6-8-19(23)9-7-17)13-11-22(28)24-12-10-18-14-25-21-5-3-2-4-20(18)21/h2-9,14,25H,10-13,15H2,1H3,(H,24,28). The van der Waals surface area contributed by atoms with Gasteiger partial charge in [0.05, 0.1) is 0 Å². The molecule has 2 N–H and O–H groups in total. The van der Waals surface area contributed by atoms with Crippen LogP contribution in [0.1, 0.15) is 24.5 Å². The van der Waals surface area contributed by atoms with E-state index in [4.69, 9.17) is 11.6 Å². The molecule has 3 aromatic rings. The predicted molar refractivity (Wildman–Crippen MR) is 112 cm³/mol. The topological polar surface area (TPSA) is 65.2 Å². The molecule has 0 aliphatic heterocycles. The van der Waals surface area contributed by atoms with Gasteiger partial charge in [0.1, 0.15) is 0 Å². The molecule has 6 heteroatoms. The number of nitrogens with one attached hydrogen (secondary N) is 2. The van der Waals surface area contributed by atoms with Gasteiger partial charge >= 0.3 is 0 Å². The number of para-hydroxylation sites is 1. The number of carbonyl (C=O) groups excluding carboxylic acids is 2. The van der Waals surface area contributed by atoms with E-state index in [2.05, 4.69) is 16.4 Å². The van der Waals surface area contributed by atoms with E-state index in [-0.39, 0.29) is 18.2 Å². The van der Waals surface area contributed by atoms with Crippen molar-refractivity contribution in [1.29, 1.82) is 0 Å². The molecule has 0 bridgehead atoms. The number of halogens is 1. The van der Waals surface area contributed by atoms with E-state index < -0.39 is 0 Å². The van der Waals surface area contributed by atoms with Gasteiger partial charge in [-0.15, -0.1) is 0 Å². The smallest absolute Gasteiger partial charge is 0.221 e. The number of carbonyl (C=O) groups is 2. The van der Waals surface area contributed by atoms with Gasteiger partial charge in [-0.3, -0.25) is 9.59 Å². The third kappa shape index (κ3) is 5.36. The minimum Gasteiger partial charge on any atom is -0.361 e. The average Bonchev–Trinajstić information content (AvgIpc) is 3.09. The first kappa shape index (κ1) is 20.0. The quantitative estimate of drug-likeness (QED) is 0.605. The first-order valence-electron chi connectivity index (χ1n) is 9.34. The van der Waals surface area contributed by atoms with E-state index in [1.54, 1.807) is 17.0 Å². The Morgan fingerprint density at radius 3 is 2.61 bits per heavy atom. The van der Waals surface area contributed by atoms with E-state index in [1.807, 2.05) is 36.5 Å². The number of benzene rings is 2. The van der Waals surface area contributed by atoms with Gasteiger partial charge in [0.2, 0.25) is 11.8 Å². The summed E-state index contributed by atoms with van der Waals surface area (Å²) in [5.74, 6) is -0.108. The zero-order valence-electron chi connectivity index (χ0n) is 15.9. The molecule has 0 saturated carbocycles. The van der Waals surface area contributed by atoms with Gasteiger partial charge in [-0.1, -0.05) is 41.9 Å². The Bertz CT molecular complexity index is 950. The van der Waals surface area contributed by atoms with Crippen LogP contribution >= 0.6 is 11.6 Å². The number of hydrogen-bond donors (Lipinski definition) is 2. The first-order chi connectivity index (χ1) is 13.5. The summed E-state index contributed by atoms with van der Waals surface area (Å²) < 4.78 is 0. The van der Waals surface area contributed by atoms with E-state index >= 15 is 0 Å². The highest BCUT2D eigenvalue weighted by Gasteiger charge is 2.12. The second-order valence-corrected chi connectivity index (χ2v) is 7.21. The summed E-state index contributed by atoms with van der Waals surface area (Å²) >= 11 is 5.90. The number of amides is 2. The summed E-state index contributed by atoms with van der Waals surface area (Å²) in [7, 11) is 0. The van der Waals surface area contributed by atoms with Crippen LogP contribution in [0.15, 0.2) is 54.7 Å². The molecule has 146 valence electrons. The fourth-order valence-corrected chi connectivity index (χ4v) is 3.28. The molecule has 3 rings (SSSR count). The third-order valence-electron chi connectivity index (χ3n) is 4.73. The van der Waals surface area contributed by atoms with Gasteiger partial charge in [0, 0.05) is 55.1 Å². The predicted octanol–water partition coefficient (Wildman–Crippen LogP) is 3.92. The van der Waals surface area contributed by atoms with Crippen LogP contribution in [0.2, 0.25) is 5.02 Å². The molecule has 0 unspecified atom stereocenters. The maximum Gasteiger partial charge on any atom is 0.221 e. The molecule has 28 heavy (non-hydrogen) atoms. The lowest BCUT2D eigenvalue weighted by atomic mass is 10.1. The number of aromatic amines is 1. The van der Waals surface area contributed by atoms with Crippen LogP contribution in [0.5, 0.6) is 0 Å². The molecule has 0 aliphatic rings. The summed E-state index contributed by atoms with van der Waals surface area (Å²) in [5, 5.41) is 4.79. The Hall–Kier alpha value is -2.79. The normalized spacial score (nSPS) is 10.8. The number of rotatable bonds is 8. The van der Waals surface area contributed by atoms with Crippen molar-refractivity contribution in [2.45, 2.75) is 26.3 Å². The van der Waals surface area contributed by atoms with E-state index in [9.17, 15) is 9.59 Å². The number of hydrogen-bond acceptors (Lipinski definition) is 2. The molecule has 5 nitrogen and oxygen atoms in total. The monoisotopic (exact) mass is 397 g/mol. The maximum atomic E-state index is 12.2. The highest BCUT2D eigenvalue weighted by atomic mass is 35.5. The van der Waals surface area contributed by atoms with Crippen LogP contribution in [0.3, 0.4) is 0 Å². The first-order valence-corrected chi connectivity index (χ1v) is 9.72. The Morgan fingerprint density at radius 2 is 1.86 bits per heavy atom. The second kappa shape index (κ2) is 9.42. The number of aromatic nitrogens is 1. The van der Waals surface area contributed by atoms with Crippen LogP contribution in [-0.4, -0.2) is 34.8 Å². The third-order valence-corrected chi connectivity index (χ3v) is 4.98. The molecule has 2 aromatic carbocycles. The Labute approximate surface area is 169 Å². The van der Waals surface area contributed by atoms with Crippen molar-refractivity contribution in [3.05, 3.63) is 70.9 Å². The summed E-state index contributed by atoms with van der Waals surface area (Å²) in [5.41, 5.74) is 3.27. The van der Waals surface area contributed by atoms with Gasteiger partial charge < -0.3 is 15.2 Å². The maximum absolute atomic E-state index is 12.2. The van der Waals surface area contributed by atoms with Crippen LogP contribution in [0.25, 0.3) is 10.9 Å². The van der Waals surface area contributed by atoms with Gasteiger partial charge in [-0.25, -0.2) is 0 Å². The van der Waals surface area contributed by atoms with Crippen molar-refractivity contribution in [3.8, 4) is 0 Å². The molecule has 2 amide bonds. The van der Waals surface area contributed by atoms with Crippen molar-refractivity contribution in [2.75, 3.05) is 13.1 Å². The molecule has 0 aliphatic carbocycles. The fourth-order valence-electron chi connectivity index (χ4n) is 3.16. The van der Waals surface area contributed by atoms with Crippen molar-refractivity contribution in [1.82, 2.24) is 15.2 Å². The van der Waals surface area contributed by atoms with Crippen molar-refractivity contribution in [3.63, 3.8) is 0 Å². The summed E-state index contributed by atoms with van der Waals surface area (Å²) in [4.78, 5) is 29.0. The average molecular weight is 398 g/mol. The van der Waals surface area contributed by atoms with E-state index in [0.717, 1.165) is 17.5 Å². The SMILES string of the molecule is CC(=O)N(CCC(=O)NCCc1c[nH]c2ccccc12)Cc1ccc(Cl)cc1. The highest BCUT2D eigenvalue weighted by molar-refractivity contribution is 6.30. The van der Waals surface area contributed by atoms with Crippen molar-refractivity contribution >= 4 is 34.3 Å². The number of H-pyrrole nitrogens is 1. The molecule has 0 fully saturated rings. The van der Waals surface area contributed by atoms with Crippen LogP contribution in [0.4, 0.5) is 0 Å². The molecule has 0 atom stereocenters. The lowest BCUT2D eigenvalue weighted by Gasteiger charge is -2.21. The van der Waals surface area contributed by atoms with Crippen LogP contribution < -0.4 is 5.32 Å². The van der Waals surface area contributed by atoms with E-state index in [1.165, 1.54) is 17.9 Å². The second-order valence-electron chi connectivity index (χ2n) is 6.78. The molecular formula is C22H24ClN3O2. The zero-order valence-corrected chi connectivity index (χ0v) is 16.6. The summed E-state index contributed by atoms with van der Waals surface area (Å²) in [6.45, 7) is 2.94. The minimum atomic E-state index is -0.0541. The Morgan fingerprint density at radius 1 is 1.11 bits per heavy atom. The summed E-state index contributed by atoms with van der Waals surface area (Å²) in [6, 6.07) is 15.5.